The van der Waals surface area contributed by atoms with Gasteiger partial charge >= 0.3 is 6.09 Å². The molecule has 2 saturated carbocycles. The fraction of sp³-hybridized carbons (Fsp3) is 0.485. The molecule has 3 aromatic rings. The van der Waals surface area contributed by atoms with Crippen LogP contribution in [0.4, 0.5) is 4.79 Å². The highest BCUT2D eigenvalue weighted by atomic mass is 16.6. The summed E-state index contributed by atoms with van der Waals surface area (Å²) < 4.78 is 5.72. The monoisotopic (exact) mass is 548 g/mol. The maximum Gasteiger partial charge on any atom is 0.411 e. The zero-order valence-corrected chi connectivity index (χ0v) is 23.8. The van der Waals surface area contributed by atoms with Gasteiger partial charge in [-0.15, -0.1) is 0 Å². The molecule has 4 heterocycles. The third kappa shape index (κ3) is 4.76. The van der Waals surface area contributed by atoms with Gasteiger partial charge in [0, 0.05) is 23.2 Å². The Labute approximate surface area is 240 Å². The predicted molar refractivity (Wildman–Crippen MR) is 157 cm³/mol. The van der Waals surface area contributed by atoms with Gasteiger partial charge in [0.2, 0.25) is 0 Å². The van der Waals surface area contributed by atoms with Crippen molar-refractivity contribution in [1.29, 1.82) is 0 Å². The number of aliphatic imine (C=N–C) groups is 1. The highest BCUT2D eigenvalue weighted by molar-refractivity contribution is 5.93. The van der Waals surface area contributed by atoms with Gasteiger partial charge in [0.15, 0.2) is 0 Å². The van der Waals surface area contributed by atoms with Gasteiger partial charge in [0.1, 0.15) is 17.3 Å². The lowest BCUT2D eigenvalue weighted by molar-refractivity contribution is 0.0228. The first-order valence-corrected chi connectivity index (χ1v) is 15.0. The van der Waals surface area contributed by atoms with Gasteiger partial charge in [-0.1, -0.05) is 24.0 Å². The summed E-state index contributed by atoms with van der Waals surface area (Å²) >= 11 is 0. The minimum Gasteiger partial charge on any atom is -0.444 e. The Hall–Kier alpha value is -3.83. The van der Waals surface area contributed by atoms with Crippen molar-refractivity contribution in [3.63, 3.8) is 0 Å². The second kappa shape index (κ2) is 9.09. The SMILES string of the molecule is CC(C)(C)OC(=O)N1[C@@H]2C[C@@H]2C[C@H]1C1=NCC(c2ccc(C#Cc3ccc4nc([C@@H]5CC6C[C@H]6N5)[nH]c4c3)cc2)N1. The molecule has 2 unspecified atom stereocenters. The lowest BCUT2D eigenvalue weighted by Crippen LogP contribution is -2.48. The van der Waals surface area contributed by atoms with E-state index in [4.69, 9.17) is 14.7 Å². The summed E-state index contributed by atoms with van der Waals surface area (Å²) in [4.78, 5) is 28.0. The Kier molecular flexibility index (Phi) is 5.52. The molecule has 8 heteroatoms. The number of ether oxygens (including phenoxy) is 1. The summed E-state index contributed by atoms with van der Waals surface area (Å²) in [7, 11) is 0. The summed E-state index contributed by atoms with van der Waals surface area (Å²) in [5, 5.41) is 7.28. The van der Waals surface area contributed by atoms with Crippen molar-refractivity contribution < 1.29 is 9.53 Å². The van der Waals surface area contributed by atoms with Gasteiger partial charge in [0.25, 0.3) is 0 Å². The van der Waals surface area contributed by atoms with Gasteiger partial charge in [-0.3, -0.25) is 9.89 Å². The summed E-state index contributed by atoms with van der Waals surface area (Å²) in [5.74, 6) is 10.00. The minimum atomic E-state index is -0.505. The Balaban J connectivity index is 0.914. The number of likely N-dealkylation sites (tertiary alicyclic amines) is 1. The number of nitrogens with one attached hydrogen (secondary N) is 3. The Morgan fingerprint density at radius 2 is 1.78 bits per heavy atom. The summed E-state index contributed by atoms with van der Waals surface area (Å²) in [6.45, 7) is 6.41. The number of H-pyrrole nitrogens is 1. The van der Waals surface area contributed by atoms with E-state index in [0.29, 0.717) is 30.6 Å². The Morgan fingerprint density at radius 3 is 2.56 bits per heavy atom. The van der Waals surface area contributed by atoms with Crippen molar-refractivity contribution >= 4 is 23.0 Å². The van der Waals surface area contributed by atoms with E-state index in [0.717, 1.165) is 52.6 Å². The van der Waals surface area contributed by atoms with E-state index in [1.54, 1.807) is 0 Å². The molecule has 210 valence electrons. The third-order valence-electron chi connectivity index (χ3n) is 9.16. The number of imidazole rings is 1. The maximum absolute atomic E-state index is 13.0. The molecule has 3 N–H and O–H groups in total. The third-order valence-corrected chi connectivity index (χ3v) is 9.16. The number of aromatic nitrogens is 2. The molecule has 1 aromatic heterocycles. The number of carbonyl (C=O) groups excluding carboxylic acids is 1. The second-order valence-corrected chi connectivity index (χ2v) is 13.4. The molecule has 0 spiro atoms. The van der Waals surface area contributed by atoms with E-state index in [9.17, 15) is 4.79 Å². The predicted octanol–water partition coefficient (Wildman–Crippen LogP) is 4.83. The van der Waals surface area contributed by atoms with E-state index in [1.807, 2.05) is 31.7 Å². The maximum atomic E-state index is 13.0. The fourth-order valence-corrected chi connectivity index (χ4v) is 6.87. The quantitative estimate of drug-likeness (QED) is 0.408. The molecule has 0 radical (unpaired) electrons. The van der Waals surface area contributed by atoms with Gasteiger partial charge < -0.3 is 20.4 Å². The van der Waals surface area contributed by atoms with Crippen LogP contribution in [0.1, 0.15) is 81.1 Å². The van der Waals surface area contributed by atoms with Crippen LogP contribution in [0.5, 0.6) is 0 Å². The number of amides is 1. The molecule has 7 atom stereocenters. The van der Waals surface area contributed by atoms with Crippen LogP contribution in [0.15, 0.2) is 47.5 Å². The highest BCUT2D eigenvalue weighted by Crippen LogP contribution is 2.49. The van der Waals surface area contributed by atoms with Crippen molar-refractivity contribution in [3.05, 3.63) is 65.0 Å². The van der Waals surface area contributed by atoms with Crippen LogP contribution in [0, 0.1) is 23.7 Å². The number of rotatable bonds is 3. The van der Waals surface area contributed by atoms with E-state index < -0.39 is 5.60 Å². The molecule has 3 aliphatic heterocycles. The van der Waals surface area contributed by atoms with E-state index in [1.165, 1.54) is 18.4 Å². The van der Waals surface area contributed by atoms with Crippen molar-refractivity contribution in [2.24, 2.45) is 16.8 Å². The molecular formula is C33H36N6O2. The number of aromatic amines is 1. The van der Waals surface area contributed by atoms with Crippen LogP contribution in [0.2, 0.25) is 0 Å². The summed E-state index contributed by atoms with van der Waals surface area (Å²) in [6.07, 6.45) is 4.31. The summed E-state index contributed by atoms with van der Waals surface area (Å²) in [6, 6.07) is 16.0. The minimum absolute atomic E-state index is 0.0212. The Bertz CT molecular complexity index is 1610. The lowest BCUT2D eigenvalue weighted by Gasteiger charge is -2.31. The number of hydrogen-bond donors (Lipinski definition) is 3. The van der Waals surface area contributed by atoms with E-state index >= 15 is 0 Å². The second-order valence-electron chi connectivity index (χ2n) is 13.4. The number of piperidine rings is 2. The standard InChI is InChI=1S/C33H36N6O2/c1-33(2,3)41-32(40)39-28-15-22(28)16-29(39)31-34-17-27(38-31)20-9-6-18(7-10-20)4-5-19-8-11-23-25(12-19)37-30(36-23)26-14-21-13-24(21)35-26/h6-12,21-22,24,26-29,35H,13-17H2,1-3H3,(H,34,38)(H,36,37)/t21?,22-,24-,26+,27?,28-,29+/m1/s1. The number of fused-ring (bicyclic) bond motifs is 3. The molecule has 1 amide bonds. The number of benzene rings is 2. The zero-order valence-electron chi connectivity index (χ0n) is 23.8. The van der Waals surface area contributed by atoms with Crippen LogP contribution in [-0.4, -0.2) is 57.1 Å². The molecule has 0 bridgehead atoms. The van der Waals surface area contributed by atoms with Crippen LogP contribution < -0.4 is 10.6 Å². The normalized spacial score (nSPS) is 31.1. The van der Waals surface area contributed by atoms with Crippen LogP contribution in [0.3, 0.4) is 0 Å². The van der Waals surface area contributed by atoms with E-state index in [-0.39, 0.29) is 18.2 Å². The molecule has 2 aromatic carbocycles. The van der Waals surface area contributed by atoms with Gasteiger partial charge in [0.05, 0.1) is 35.7 Å². The number of hydrogen-bond acceptors (Lipinski definition) is 6. The molecule has 4 fully saturated rings. The van der Waals surface area contributed by atoms with Gasteiger partial charge in [-0.25, -0.2) is 9.78 Å². The molecular weight excluding hydrogens is 512 g/mol. The van der Waals surface area contributed by atoms with Crippen LogP contribution in [-0.2, 0) is 4.74 Å². The van der Waals surface area contributed by atoms with Crippen molar-refractivity contribution in [3.8, 4) is 11.8 Å². The Morgan fingerprint density at radius 1 is 0.976 bits per heavy atom. The first-order chi connectivity index (χ1) is 19.8. The first-order valence-electron chi connectivity index (χ1n) is 15.0. The average molecular weight is 549 g/mol. The number of amidine groups is 1. The molecule has 41 heavy (non-hydrogen) atoms. The largest absolute Gasteiger partial charge is 0.444 e. The molecule has 8 nitrogen and oxygen atoms in total. The number of nitrogens with zero attached hydrogens (tertiary/aromatic N) is 3. The fourth-order valence-electron chi connectivity index (χ4n) is 6.87. The average Bonchev–Trinajstić information content (AvgIpc) is 3.55. The zero-order chi connectivity index (χ0) is 27.9. The lowest BCUT2D eigenvalue weighted by atomic mass is 10.0. The van der Waals surface area contributed by atoms with Crippen LogP contribution in [0.25, 0.3) is 11.0 Å². The topological polar surface area (TPSA) is 94.6 Å². The highest BCUT2D eigenvalue weighted by Gasteiger charge is 2.57. The van der Waals surface area contributed by atoms with E-state index in [2.05, 4.69) is 63.9 Å². The molecule has 2 saturated heterocycles. The molecule has 5 aliphatic rings. The molecule has 8 rings (SSSR count). The summed E-state index contributed by atoms with van der Waals surface area (Å²) in [5.41, 5.74) is 4.64. The molecule has 2 aliphatic carbocycles. The van der Waals surface area contributed by atoms with Crippen molar-refractivity contribution in [2.75, 3.05) is 6.54 Å². The van der Waals surface area contributed by atoms with Crippen LogP contribution >= 0.6 is 0 Å². The van der Waals surface area contributed by atoms with Crippen molar-refractivity contribution in [2.45, 2.75) is 82.3 Å². The van der Waals surface area contributed by atoms with Crippen molar-refractivity contribution in [1.82, 2.24) is 25.5 Å². The first kappa shape index (κ1) is 24.9. The van der Waals surface area contributed by atoms with Gasteiger partial charge in [-0.2, -0.15) is 0 Å². The number of carbonyl (C=O) groups is 1. The van der Waals surface area contributed by atoms with Gasteiger partial charge in [-0.05, 0) is 94.2 Å². The smallest absolute Gasteiger partial charge is 0.411 e.